The number of carbonyl (C=O) groups is 1. The second kappa shape index (κ2) is 5.74. The van der Waals surface area contributed by atoms with Crippen molar-refractivity contribution in [1.82, 2.24) is 15.1 Å². The zero-order valence-corrected chi connectivity index (χ0v) is 14.1. The SMILES string of the molecule is Cc1c([C@@H](C)NC(=O)c2sc3ccccc3c2Cl)cnn1C. The largest absolute Gasteiger partial charge is 0.345 e. The molecule has 4 nitrogen and oxygen atoms in total. The molecule has 1 N–H and O–H groups in total. The molecule has 0 bridgehead atoms. The maximum atomic E-state index is 12.5. The molecule has 0 aliphatic rings. The molecule has 2 aromatic heterocycles. The Morgan fingerprint density at radius 3 is 2.77 bits per heavy atom. The summed E-state index contributed by atoms with van der Waals surface area (Å²) in [4.78, 5) is 13.1. The summed E-state index contributed by atoms with van der Waals surface area (Å²) in [5, 5.41) is 8.66. The molecule has 0 saturated heterocycles. The minimum absolute atomic E-state index is 0.123. The van der Waals surface area contributed by atoms with Gasteiger partial charge in [-0.2, -0.15) is 5.10 Å². The van der Waals surface area contributed by atoms with Crippen molar-refractivity contribution in [3.05, 3.63) is 51.6 Å². The summed E-state index contributed by atoms with van der Waals surface area (Å²) in [7, 11) is 1.89. The molecule has 6 heteroatoms. The molecule has 0 aliphatic heterocycles. The van der Waals surface area contributed by atoms with E-state index in [2.05, 4.69) is 10.4 Å². The second-order valence-electron chi connectivity index (χ2n) is 5.25. The molecule has 0 radical (unpaired) electrons. The van der Waals surface area contributed by atoms with Crippen molar-refractivity contribution in [1.29, 1.82) is 0 Å². The van der Waals surface area contributed by atoms with Gasteiger partial charge in [-0.1, -0.05) is 29.8 Å². The molecule has 1 aromatic carbocycles. The zero-order valence-electron chi connectivity index (χ0n) is 12.6. The van der Waals surface area contributed by atoms with Gasteiger partial charge in [0.15, 0.2) is 0 Å². The van der Waals surface area contributed by atoms with Gasteiger partial charge in [-0.15, -0.1) is 11.3 Å². The standard InChI is InChI=1S/C16H16ClN3OS/c1-9(12-8-18-20(3)10(12)2)19-16(21)15-14(17)11-6-4-5-7-13(11)22-15/h4-9H,1-3H3,(H,19,21)/t9-/m1/s1. The summed E-state index contributed by atoms with van der Waals surface area (Å²) in [6.45, 7) is 3.93. The van der Waals surface area contributed by atoms with Crippen LogP contribution in [0.15, 0.2) is 30.5 Å². The van der Waals surface area contributed by atoms with Crippen LogP contribution in [0.2, 0.25) is 5.02 Å². The van der Waals surface area contributed by atoms with Crippen LogP contribution in [-0.4, -0.2) is 15.7 Å². The molecule has 22 heavy (non-hydrogen) atoms. The molecule has 1 atom stereocenters. The van der Waals surface area contributed by atoms with Gasteiger partial charge in [-0.05, 0) is 19.9 Å². The number of amides is 1. The molecule has 1 amide bonds. The van der Waals surface area contributed by atoms with Gasteiger partial charge in [0.1, 0.15) is 4.88 Å². The van der Waals surface area contributed by atoms with E-state index in [1.807, 2.05) is 45.2 Å². The molecule has 0 aliphatic carbocycles. The van der Waals surface area contributed by atoms with Crippen LogP contribution in [0.3, 0.4) is 0 Å². The van der Waals surface area contributed by atoms with Crippen LogP contribution in [-0.2, 0) is 7.05 Å². The summed E-state index contributed by atoms with van der Waals surface area (Å²) >= 11 is 7.76. The second-order valence-corrected chi connectivity index (χ2v) is 6.68. The lowest BCUT2D eigenvalue weighted by atomic mass is 10.1. The Hall–Kier alpha value is -1.85. The van der Waals surface area contributed by atoms with E-state index in [1.165, 1.54) is 11.3 Å². The number of hydrogen-bond acceptors (Lipinski definition) is 3. The Balaban J connectivity index is 1.87. The summed E-state index contributed by atoms with van der Waals surface area (Å²) in [5.41, 5.74) is 2.04. The van der Waals surface area contributed by atoms with E-state index in [-0.39, 0.29) is 11.9 Å². The van der Waals surface area contributed by atoms with Gasteiger partial charge in [0.05, 0.1) is 17.3 Å². The third kappa shape index (κ3) is 2.51. The highest BCUT2D eigenvalue weighted by atomic mass is 35.5. The number of rotatable bonds is 3. The van der Waals surface area contributed by atoms with Crippen LogP contribution in [0, 0.1) is 6.92 Å². The normalized spacial score (nSPS) is 12.5. The zero-order chi connectivity index (χ0) is 15.9. The van der Waals surface area contributed by atoms with Crippen molar-refractivity contribution in [2.75, 3.05) is 0 Å². The Kier molecular flexibility index (Phi) is 3.93. The van der Waals surface area contributed by atoms with Gasteiger partial charge < -0.3 is 5.32 Å². The van der Waals surface area contributed by atoms with E-state index in [0.717, 1.165) is 21.3 Å². The smallest absolute Gasteiger partial charge is 0.263 e. The quantitative estimate of drug-likeness (QED) is 0.784. The Morgan fingerprint density at radius 2 is 2.14 bits per heavy atom. The predicted octanol–water partition coefficient (Wildman–Crippen LogP) is 4.09. The number of fused-ring (bicyclic) bond motifs is 1. The van der Waals surface area contributed by atoms with Gasteiger partial charge in [-0.3, -0.25) is 9.48 Å². The summed E-state index contributed by atoms with van der Waals surface area (Å²) in [5.74, 6) is -0.151. The number of thiophene rings is 1. The number of carbonyl (C=O) groups excluding carboxylic acids is 1. The lowest BCUT2D eigenvalue weighted by molar-refractivity contribution is 0.0944. The lowest BCUT2D eigenvalue weighted by Gasteiger charge is -2.13. The minimum Gasteiger partial charge on any atom is -0.345 e. The van der Waals surface area contributed by atoms with E-state index in [0.29, 0.717) is 9.90 Å². The first kappa shape index (κ1) is 15.1. The number of nitrogens with one attached hydrogen (secondary N) is 1. The van der Waals surface area contributed by atoms with Crippen LogP contribution in [0.5, 0.6) is 0 Å². The molecule has 0 spiro atoms. The first-order valence-corrected chi connectivity index (χ1v) is 8.15. The highest BCUT2D eigenvalue weighted by molar-refractivity contribution is 7.21. The first-order chi connectivity index (χ1) is 10.5. The van der Waals surface area contributed by atoms with E-state index < -0.39 is 0 Å². The number of aromatic nitrogens is 2. The van der Waals surface area contributed by atoms with Crippen molar-refractivity contribution < 1.29 is 4.79 Å². The van der Waals surface area contributed by atoms with Gasteiger partial charge >= 0.3 is 0 Å². The first-order valence-electron chi connectivity index (χ1n) is 6.95. The predicted molar refractivity (Wildman–Crippen MR) is 90.7 cm³/mol. The van der Waals surface area contributed by atoms with Gasteiger partial charge in [0.2, 0.25) is 0 Å². The van der Waals surface area contributed by atoms with E-state index in [4.69, 9.17) is 11.6 Å². The van der Waals surface area contributed by atoms with Crippen LogP contribution in [0.4, 0.5) is 0 Å². The molecule has 114 valence electrons. The minimum atomic E-state index is -0.151. The summed E-state index contributed by atoms with van der Waals surface area (Å²) < 4.78 is 2.81. The Morgan fingerprint density at radius 1 is 1.41 bits per heavy atom. The molecular weight excluding hydrogens is 318 g/mol. The van der Waals surface area contributed by atoms with Gasteiger partial charge in [0, 0.05) is 28.4 Å². The Labute approximate surface area is 137 Å². The van der Waals surface area contributed by atoms with Gasteiger partial charge in [0.25, 0.3) is 5.91 Å². The van der Waals surface area contributed by atoms with Crippen LogP contribution < -0.4 is 5.32 Å². The molecule has 0 saturated carbocycles. The highest BCUT2D eigenvalue weighted by Gasteiger charge is 2.20. The van der Waals surface area contributed by atoms with Gasteiger partial charge in [-0.25, -0.2) is 0 Å². The number of aryl methyl sites for hydroxylation is 1. The average Bonchev–Trinajstić information content (AvgIpc) is 3.01. The molecule has 0 fully saturated rings. The fourth-order valence-corrected chi connectivity index (χ4v) is 3.86. The third-order valence-electron chi connectivity index (χ3n) is 3.83. The van der Waals surface area contributed by atoms with Crippen molar-refractivity contribution >= 4 is 38.9 Å². The topological polar surface area (TPSA) is 46.9 Å². The summed E-state index contributed by atoms with van der Waals surface area (Å²) in [6.07, 6.45) is 1.78. The molecule has 2 heterocycles. The van der Waals surface area contributed by atoms with Crippen molar-refractivity contribution in [3.63, 3.8) is 0 Å². The third-order valence-corrected chi connectivity index (χ3v) is 5.50. The van der Waals surface area contributed by atoms with Crippen LogP contribution in [0.1, 0.15) is 33.9 Å². The molecule has 3 aromatic rings. The molecule has 3 rings (SSSR count). The molecular formula is C16H16ClN3OS. The number of halogens is 1. The highest BCUT2D eigenvalue weighted by Crippen LogP contribution is 2.35. The van der Waals surface area contributed by atoms with E-state index in [1.54, 1.807) is 10.9 Å². The maximum Gasteiger partial charge on any atom is 0.263 e. The average molecular weight is 334 g/mol. The van der Waals surface area contributed by atoms with Crippen molar-refractivity contribution in [3.8, 4) is 0 Å². The maximum absolute atomic E-state index is 12.5. The fourth-order valence-electron chi connectivity index (χ4n) is 2.44. The fraction of sp³-hybridized carbons (Fsp3) is 0.250. The number of nitrogens with zero attached hydrogens (tertiary/aromatic N) is 2. The van der Waals surface area contributed by atoms with E-state index in [9.17, 15) is 4.79 Å². The van der Waals surface area contributed by atoms with Crippen molar-refractivity contribution in [2.24, 2.45) is 7.05 Å². The van der Waals surface area contributed by atoms with Crippen LogP contribution in [0.25, 0.3) is 10.1 Å². The van der Waals surface area contributed by atoms with E-state index >= 15 is 0 Å². The lowest BCUT2D eigenvalue weighted by Crippen LogP contribution is -2.26. The number of hydrogen-bond donors (Lipinski definition) is 1. The van der Waals surface area contributed by atoms with Crippen molar-refractivity contribution in [2.45, 2.75) is 19.9 Å². The molecule has 0 unspecified atom stereocenters. The monoisotopic (exact) mass is 333 g/mol. The van der Waals surface area contributed by atoms with Crippen LogP contribution >= 0.6 is 22.9 Å². The summed E-state index contributed by atoms with van der Waals surface area (Å²) in [6, 6.07) is 7.64. The number of benzene rings is 1. The Bertz CT molecular complexity index is 852.